The van der Waals surface area contributed by atoms with E-state index in [1.807, 2.05) is 18.2 Å². The monoisotopic (exact) mass is 219 g/mol. The van der Waals surface area contributed by atoms with Crippen LogP contribution in [0.25, 0.3) is 0 Å². The lowest BCUT2D eigenvalue weighted by Gasteiger charge is -2.21. The minimum atomic E-state index is -0.946. The number of benzene rings is 1. The van der Waals surface area contributed by atoms with E-state index in [0.717, 1.165) is 11.3 Å². The van der Waals surface area contributed by atoms with Crippen molar-refractivity contribution in [3.8, 4) is 0 Å². The lowest BCUT2D eigenvalue weighted by atomic mass is 10.1. The Bertz CT molecular complexity index is 442. The van der Waals surface area contributed by atoms with Crippen molar-refractivity contribution in [2.24, 2.45) is 0 Å². The second-order valence-electron chi connectivity index (χ2n) is 3.80. The summed E-state index contributed by atoms with van der Waals surface area (Å²) in [5.74, 6) is -1.09. The Morgan fingerprint density at radius 3 is 2.75 bits per heavy atom. The van der Waals surface area contributed by atoms with Crippen molar-refractivity contribution in [1.29, 1.82) is 0 Å². The number of carboxylic acids is 1. The molecule has 1 heterocycles. The maximum Gasteiger partial charge on any atom is 0.327 e. The van der Waals surface area contributed by atoms with E-state index in [1.54, 1.807) is 13.0 Å². The number of nitrogens with zero attached hydrogens (tertiary/aromatic N) is 1. The van der Waals surface area contributed by atoms with Gasteiger partial charge in [-0.3, -0.25) is 9.69 Å². The fourth-order valence-electron chi connectivity index (χ4n) is 2.06. The van der Waals surface area contributed by atoms with Gasteiger partial charge in [-0.25, -0.2) is 4.79 Å². The van der Waals surface area contributed by atoms with Gasteiger partial charge in [0.15, 0.2) is 0 Å². The number of amides is 1. The summed E-state index contributed by atoms with van der Waals surface area (Å²) in [6.07, 6.45) is 0.718. The van der Waals surface area contributed by atoms with E-state index in [2.05, 4.69) is 0 Å². The highest BCUT2D eigenvalue weighted by Crippen LogP contribution is 2.32. The third-order valence-electron chi connectivity index (χ3n) is 2.83. The Hall–Kier alpha value is -1.84. The molecule has 0 fully saturated rings. The first kappa shape index (κ1) is 10.7. The highest BCUT2D eigenvalue weighted by molar-refractivity contribution is 6.01. The Labute approximate surface area is 93.5 Å². The van der Waals surface area contributed by atoms with Gasteiger partial charge in [0.2, 0.25) is 5.91 Å². The van der Waals surface area contributed by atoms with Gasteiger partial charge in [0.25, 0.3) is 0 Å². The topological polar surface area (TPSA) is 57.6 Å². The van der Waals surface area contributed by atoms with Gasteiger partial charge in [-0.15, -0.1) is 0 Å². The molecule has 1 aromatic carbocycles. The van der Waals surface area contributed by atoms with Gasteiger partial charge < -0.3 is 5.11 Å². The molecule has 0 unspecified atom stereocenters. The standard InChI is InChI=1S/C12H13NO3/c1-2-11(14)13-9-6-4-3-5-8(9)7-10(13)12(15)16/h3-6,10H,2,7H2,1H3,(H,15,16)/t10-/m0/s1. The predicted octanol–water partition coefficient (Wildman–Crippen LogP) is 1.44. The number of aliphatic carboxylic acids is 1. The van der Waals surface area contributed by atoms with Crippen LogP contribution in [0, 0.1) is 0 Å². The van der Waals surface area contributed by atoms with Crippen LogP contribution in [0.1, 0.15) is 18.9 Å². The molecule has 0 radical (unpaired) electrons. The summed E-state index contributed by atoms with van der Waals surface area (Å²) in [5.41, 5.74) is 1.67. The van der Waals surface area contributed by atoms with Crippen LogP contribution in [-0.4, -0.2) is 23.0 Å². The van der Waals surface area contributed by atoms with Crippen LogP contribution in [0.2, 0.25) is 0 Å². The largest absolute Gasteiger partial charge is 0.480 e. The maximum absolute atomic E-state index is 11.8. The van der Waals surface area contributed by atoms with Gasteiger partial charge in [-0.05, 0) is 11.6 Å². The molecule has 4 nitrogen and oxygen atoms in total. The molecular formula is C12H13NO3. The molecule has 0 aliphatic carbocycles. The summed E-state index contributed by atoms with van der Waals surface area (Å²) in [7, 11) is 0. The van der Waals surface area contributed by atoms with Crippen molar-refractivity contribution in [2.45, 2.75) is 25.8 Å². The second-order valence-corrected chi connectivity index (χ2v) is 3.80. The fourth-order valence-corrected chi connectivity index (χ4v) is 2.06. The fraction of sp³-hybridized carbons (Fsp3) is 0.333. The summed E-state index contributed by atoms with van der Waals surface area (Å²) in [6.45, 7) is 1.74. The lowest BCUT2D eigenvalue weighted by Crippen LogP contribution is -2.42. The van der Waals surface area contributed by atoms with E-state index < -0.39 is 12.0 Å². The van der Waals surface area contributed by atoms with E-state index in [9.17, 15) is 9.59 Å². The molecule has 16 heavy (non-hydrogen) atoms. The molecule has 1 N–H and O–H groups in total. The first-order valence-corrected chi connectivity index (χ1v) is 5.28. The van der Waals surface area contributed by atoms with Crippen LogP contribution in [0.15, 0.2) is 24.3 Å². The molecule has 1 aromatic rings. The van der Waals surface area contributed by atoms with Gasteiger partial charge in [0.1, 0.15) is 6.04 Å². The predicted molar refractivity (Wildman–Crippen MR) is 59.3 cm³/mol. The average molecular weight is 219 g/mol. The molecule has 0 spiro atoms. The highest BCUT2D eigenvalue weighted by Gasteiger charge is 2.37. The van der Waals surface area contributed by atoms with E-state index in [1.165, 1.54) is 4.90 Å². The van der Waals surface area contributed by atoms with Crippen molar-refractivity contribution < 1.29 is 14.7 Å². The number of hydrogen-bond donors (Lipinski definition) is 1. The average Bonchev–Trinajstić information content (AvgIpc) is 2.67. The van der Waals surface area contributed by atoms with Crippen LogP contribution >= 0.6 is 0 Å². The van der Waals surface area contributed by atoms with Crippen LogP contribution in [-0.2, 0) is 16.0 Å². The lowest BCUT2D eigenvalue weighted by molar-refractivity contribution is -0.139. The number of anilines is 1. The van der Waals surface area contributed by atoms with Crippen molar-refractivity contribution >= 4 is 17.6 Å². The molecule has 1 amide bonds. The summed E-state index contributed by atoms with van der Waals surface area (Å²) in [6, 6.07) is 6.60. The minimum absolute atomic E-state index is 0.141. The maximum atomic E-state index is 11.8. The molecule has 1 aliphatic rings. The number of para-hydroxylation sites is 1. The van der Waals surface area contributed by atoms with Gasteiger partial charge >= 0.3 is 5.97 Å². The van der Waals surface area contributed by atoms with E-state index >= 15 is 0 Å². The highest BCUT2D eigenvalue weighted by atomic mass is 16.4. The zero-order chi connectivity index (χ0) is 11.7. The summed E-state index contributed by atoms with van der Waals surface area (Å²) in [5, 5.41) is 9.11. The number of carbonyl (C=O) groups is 2. The number of carbonyl (C=O) groups excluding carboxylic acids is 1. The Balaban J connectivity index is 2.43. The number of rotatable bonds is 2. The molecule has 0 bridgehead atoms. The van der Waals surface area contributed by atoms with Crippen molar-refractivity contribution in [2.75, 3.05) is 4.90 Å². The van der Waals surface area contributed by atoms with Crippen LogP contribution in [0.4, 0.5) is 5.69 Å². The van der Waals surface area contributed by atoms with Crippen LogP contribution < -0.4 is 4.90 Å². The first-order chi connectivity index (χ1) is 7.65. The van der Waals surface area contributed by atoms with E-state index in [-0.39, 0.29) is 5.91 Å². The molecule has 0 saturated heterocycles. The Kier molecular flexibility index (Phi) is 2.64. The van der Waals surface area contributed by atoms with E-state index in [4.69, 9.17) is 5.11 Å². The van der Waals surface area contributed by atoms with Gasteiger partial charge in [0, 0.05) is 18.5 Å². The van der Waals surface area contributed by atoms with Crippen molar-refractivity contribution in [3.05, 3.63) is 29.8 Å². The van der Waals surface area contributed by atoms with Crippen LogP contribution in [0.3, 0.4) is 0 Å². The first-order valence-electron chi connectivity index (χ1n) is 5.28. The third kappa shape index (κ3) is 1.56. The number of carboxylic acid groups (broad SMARTS) is 1. The Morgan fingerprint density at radius 2 is 2.12 bits per heavy atom. The minimum Gasteiger partial charge on any atom is -0.480 e. The normalized spacial score (nSPS) is 18.3. The molecule has 84 valence electrons. The SMILES string of the molecule is CCC(=O)N1c2ccccc2C[C@H]1C(=O)O. The quantitative estimate of drug-likeness (QED) is 0.818. The van der Waals surface area contributed by atoms with Gasteiger partial charge in [0.05, 0.1) is 0 Å². The molecule has 0 saturated carbocycles. The smallest absolute Gasteiger partial charge is 0.327 e. The summed E-state index contributed by atoms with van der Waals surface area (Å²) >= 11 is 0. The molecule has 4 heteroatoms. The summed E-state index contributed by atoms with van der Waals surface area (Å²) < 4.78 is 0. The molecule has 1 aliphatic heterocycles. The Morgan fingerprint density at radius 1 is 1.44 bits per heavy atom. The molecule has 0 aromatic heterocycles. The molecule has 2 rings (SSSR count). The summed E-state index contributed by atoms with van der Waals surface area (Å²) in [4.78, 5) is 24.3. The molecular weight excluding hydrogens is 206 g/mol. The van der Waals surface area contributed by atoms with Gasteiger partial charge in [-0.2, -0.15) is 0 Å². The molecule has 1 atom stereocenters. The number of hydrogen-bond acceptors (Lipinski definition) is 2. The van der Waals surface area contributed by atoms with Crippen molar-refractivity contribution in [1.82, 2.24) is 0 Å². The van der Waals surface area contributed by atoms with E-state index in [0.29, 0.717) is 12.8 Å². The zero-order valence-corrected chi connectivity index (χ0v) is 9.01. The number of fused-ring (bicyclic) bond motifs is 1. The van der Waals surface area contributed by atoms with Crippen LogP contribution in [0.5, 0.6) is 0 Å². The third-order valence-corrected chi connectivity index (χ3v) is 2.83. The van der Waals surface area contributed by atoms with Gasteiger partial charge in [-0.1, -0.05) is 25.1 Å². The zero-order valence-electron chi connectivity index (χ0n) is 9.01. The second kappa shape index (κ2) is 3.96. The van der Waals surface area contributed by atoms with Crippen molar-refractivity contribution in [3.63, 3.8) is 0 Å².